The molecule has 0 amide bonds. The molecule has 0 saturated carbocycles. The van der Waals surface area contributed by atoms with E-state index >= 15 is 0 Å². The average Bonchev–Trinajstić information content (AvgIpc) is 3.02. The SMILES string of the molecule is c1cc(-c2noc([C@@H]3CCCN3)n2)cs1. The van der Waals surface area contributed by atoms with Gasteiger partial charge in [-0.15, -0.1) is 0 Å². The van der Waals surface area contributed by atoms with Crippen LogP contribution in [0.1, 0.15) is 24.8 Å². The molecule has 0 radical (unpaired) electrons. The summed E-state index contributed by atoms with van der Waals surface area (Å²) in [6.07, 6.45) is 2.27. The van der Waals surface area contributed by atoms with Crippen LogP contribution in [-0.2, 0) is 0 Å². The van der Waals surface area contributed by atoms with Crippen LogP contribution in [0.3, 0.4) is 0 Å². The number of rotatable bonds is 2. The van der Waals surface area contributed by atoms with Gasteiger partial charge in [0, 0.05) is 10.9 Å². The van der Waals surface area contributed by atoms with Crippen LogP contribution in [0, 0.1) is 0 Å². The Hall–Kier alpha value is -1.20. The van der Waals surface area contributed by atoms with E-state index in [1.165, 1.54) is 6.42 Å². The van der Waals surface area contributed by atoms with E-state index in [-0.39, 0.29) is 6.04 Å². The largest absolute Gasteiger partial charge is 0.337 e. The predicted octanol–water partition coefficient (Wildman–Crippen LogP) is 2.22. The minimum atomic E-state index is 0.255. The summed E-state index contributed by atoms with van der Waals surface area (Å²) in [7, 11) is 0. The fourth-order valence-corrected chi connectivity index (χ4v) is 2.42. The van der Waals surface area contributed by atoms with E-state index in [0.29, 0.717) is 11.7 Å². The van der Waals surface area contributed by atoms with Crippen molar-refractivity contribution in [1.29, 1.82) is 0 Å². The van der Waals surface area contributed by atoms with E-state index in [1.807, 2.05) is 16.8 Å². The van der Waals surface area contributed by atoms with Gasteiger partial charge in [0.25, 0.3) is 0 Å². The van der Waals surface area contributed by atoms with Gasteiger partial charge in [-0.2, -0.15) is 16.3 Å². The lowest BCUT2D eigenvalue weighted by Crippen LogP contribution is -2.12. The molecule has 0 aliphatic carbocycles. The minimum absolute atomic E-state index is 0.255. The number of hydrogen-bond donors (Lipinski definition) is 1. The molecule has 0 unspecified atom stereocenters. The Morgan fingerprint density at radius 3 is 3.27 bits per heavy atom. The first kappa shape index (κ1) is 9.06. The van der Waals surface area contributed by atoms with Crippen LogP contribution in [-0.4, -0.2) is 16.7 Å². The molecule has 0 bridgehead atoms. The van der Waals surface area contributed by atoms with E-state index in [1.54, 1.807) is 11.3 Å². The smallest absolute Gasteiger partial charge is 0.244 e. The number of nitrogens with zero attached hydrogens (tertiary/aromatic N) is 2. The topological polar surface area (TPSA) is 51.0 Å². The average molecular weight is 221 g/mol. The summed E-state index contributed by atoms with van der Waals surface area (Å²) in [6.45, 7) is 1.04. The van der Waals surface area contributed by atoms with E-state index < -0.39 is 0 Å². The van der Waals surface area contributed by atoms with E-state index in [0.717, 1.165) is 18.5 Å². The third kappa shape index (κ3) is 1.68. The molecule has 3 rings (SSSR count). The lowest BCUT2D eigenvalue weighted by atomic mass is 10.2. The van der Waals surface area contributed by atoms with Crippen LogP contribution in [0.2, 0.25) is 0 Å². The first-order valence-corrected chi connectivity index (χ1v) is 5.97. The Bertz CT molecular complexity index is 431. The first-order chi connectivity index (χ1) is 7.43. The standard InChI is InChI=1S/C10H11N3OS/c1-2-8(11-4-1)10-12-9(13-14-10)7-3-5-15-6-7/h3,5-6,8,11H,1-2,4H2/t8-/m0/s1. The Labute approximate surface area is 91.3 Å². The molecule has 1 saturated heterocycles. The summed E-state index contributed by atoms with van der Waals surface area (Å²) < 4.78 is 5.25. The summed E-state index contributed by atoms with van der Waals surface area (Å²) in [5.74, 6) is 1.41. The second-order valence-corrected chi connectivity index (χ2v) is 4.40. The van der Waals surface area contributed by atoms with Gasteiger partial charge in [-0.25, -0.2) is 0 Å². The van der Waals surface area contributed by atoms with Crippen LogP contribution in [0.5, 0.6) is 0 Å². The van der Waals surface area contributed by atoms with Crippen LogP contribution in [0.25, 0.3) is 11.4 Å². The summed E-state index contributed by atoms with van der Waals surface area (Å²) in [5.41, 5.74) is 1.04. The summed E-state index contributed by atoms with van der Waals surface area (Å²) in [6, 6.07) is 2.26. The van der Waals surface area contributed by atoms with Gasteiger partial charge in [-0.3, -0.25) is 0 Å². The maximum absolute atomic E-state index is 5.25. The van der Waals surface area contributed by atoms with Gasteiger partial charge in [0.05, 0.1) is 6.04 Å². The molecule has 78 valence electrons. The lowest BCUT2D eigenvalue weighted by molar-refractivity contribution is 0.345. The van der Waals surface area contributed by atoms with Crippen LogP contribution in [0.15, 0.2) is 21.3 Å². The van der Waals surface area contributed by atoms with Crippen molar-refractivity contribution in [3.63, 3.8) is 0 Å². The van der Waals surface area contributed by atoms with Gasteiger partial charge in [0.2, 0.25) is 11.7 Å². The highest BCUT2D eigenvalue weighted by Crippen LogP contribution is 2.24. The Balaban J connectivity index is 1.87. The Kier molecular flexibility index (Phi) is 2.26. The molecule has 1 N–H and O–H groups in total. The van der Waals surface area contributed by atoms with E-state index in [9.17, 15) is 0 Å². The van der Waals surface area contributed by atoms with Gasteiger partial charge in [-0.05, 0) is 30.8 Å². The number of aromatic nitrogens is 2. The lowest BCUT2D eigenvalue weighted by Gasteiger charge is -2.01. The van der Waals surface area contributed by atoms with Gasteiger partial charge in [0.1, 0.15) is 0 Å². The van der Waals surface area contributed by atoms with Crippen molar-refractivity contribution in [2.45, 2.75) is 18.9 Å². The van der Waals surface area contributed by atoms with Gasteiger partial charge in [-0.1, -0.05) is 5.16 Å². The zero-order chi connectivity index (χ0) is 10.1. The van der Waals surface area contributed by atoms with Crippen molar-refractivity contribution in [2.24, 2.45) is 0 Å². The van der Waals surface area contributed by atoms with Crippen LogP contribution < -0.4 is 5.32 Å². The number of hydrogen-bond acceptors (Lipinski definition) is 5. The van der Waals surface area contributed by atoms with E-state index in [2.05, 4.69) is 15.5 Å². The van der Waals surface area contributed by atoms with Gasteiger partial charge in [0.15, 0.2) is 0 Å². The zero-order valence-corrected chi connectivity index (χ0v) is 8.96. The zero-order valence-electron chi connectivity index (χ0n) is 8.14. The normalized spacial score (nSPS) is 20.9. The van der Waals surface area contributed by atoms with Crippen LogP contribution in [0.4, 0.5) is 0 Å². The second kappa shape index (κ2) is 3.75. The van der Waals surface area contributed by atoms with Crippen molar-refractivity contribution < 1.29 is 4.52 Å². The molecular weight excluding hydrogens is 210 g/mol. The molecule has 0 aromatic carbocycles. The summed E-state index contributed by atoms with van der Waals surface area (Å²) in [4.78, 5) is 4.40. The van der Waals surface area contributed by atoms with Crippen molar-refractivity contribution in [3.05, 3.63) is 22.7 Å². The number of thiophene rings is 1. The van der Waals surface area contributed by atoms with Crippen molar-refractivity contribution >= 4 is 11.3 Å². The minimum Gasteiger partial charge on any atom is -0.337 e. The quantitative estimate of drug-likeness (QED) is 0.844. The molecule has 2 aromatic rings. The molecule has 5 heteroatoms. The highest BCUT2D eigenvalue weighted by Gasteiger charge is 2.22. The predicted molar refractivity (Wildman–Crippen MR) is 57.6 cm³/mol. The maximum atomic E-state index is 5.25. The van der Waals surface area contributed by atoms with Crippen molar-refractivity contribution in [2.75, 3.05) is 6.54 Å². The summed E-state index contributed by atoms with van der Waals surface area (Å²) >= 11 is 1.64. The Morgan fingerprint density at radius 2 is 2.53 bits per heavy atom. The second-order valence-electron chi connectivity index (χ2n) is 3.62. The Morgan fingerprint density at radius 1 is 1.53 bits per heavy atom. The maximum Gasteiger partial charge on any atom is 0.244 e. The molecule has 1 aliphatic heterocycles. The van der Waals surface area contributed by atoms with Crippen LogP contribution >= 0.6 is 11.3 Å². The molecule has 0 spiro atoms. The molecule has 2 aromatic heterocycles. The van der Waals surface area contributed by atoms with Gasteiger partial charge < -0.3 is 9.84 Å². The molecule has 15 heavy (non-hydrogen) atoms. The third-order valence-corrected chi connectivity index (χ3v) is 3.26. The molecule has 3 heterocycles. The fraction of sp³-hybridized carbons (Fsp3) is 0.400. The highest BCUT2D eigenvalue weighted by atomic mass is 32.1. The molecule has 1 atom stereocenters. The molecule has 4 nitrogen and oxygen atoms in total. The monoisotopic (exact) mass is 221 g/mol. The van der Waals surface area contributed by atoms with Crippen molar-refractivity contribution in [1.82, 2.24) is 15.5 Å². The molecular formula is C10H11N3OS. The fourth-order valence-electron chi connectivity index (χ4n) is 1.78. The van der Waals surface area contributed by atoms with Crippen molar-refractivity contribution in [3.8, 4) is 11.4 Å². The highest BCUT2D eigenvalue weighted by molar-refractivity contribution is 7.08. The number of nitrogens with one attached hydrogen (secondary N) is 1. The van der Waals surface area contributed by atoms with Gasteiger partial charge >= 0.3 is 0 Å². The summed E-state index contributed by atoms with van der Waals surface area (Å²) in [5, 5.41) is 11.4. The molecule has 1 fully saturated rings. The third-order valence-electron chi connectivity index (χ3n) is 2.58. The van der Waals surface area contributed by atoms with E-state index in [4.69, 9.17) is 4.52 Å². The molecule has 1 aliphatic rings. The first-order valence-electron chi connectivity index (χ1n) is 5.03.